The van der Waals surface area contributed by atoms with Crippen LogP contribution in [0.5, 0.6) is 0 Å². The summed E-state index contributed by atoms with van der Waals surface area (Å²) in [5.41, 5.74) is -3.36. The van der Waals surface area contributed by atoms with Gasteiger partial charge in [-0.2, -0.15) is 0 Å². The molecule has 2 aromatic rings. The molecule has 19 heteroatoms. The van der Waals surface area contributed by atoms with Gasteiger partial charge in [-0.05, 0) is 105 Å². The second kappa shape index (κ2) is 23.2. The lowest BCUT2D eigenvalue weighted by Gasteiger charge is -2.48. The zero-order chi connectivity index (χ0) is 50.6. The quantitative estimate of drug-likeness (QED) is 0.182. The number of carbonyl (C=O) groups is 1. The van der Waals surface area contributed by atoms with Crippen LogP contribution in [0.4, 0.5) is 8.78 Å². The number of esters is 1. The number of methoxy groups -OCH3 is 1. The van der Waals surface area contributed by atoms with Crippen molar-refractivity contribution in [1.29, 1.82) is 0 Å². The summed E-state index contributed by atoms with van der Waals surface area (Å²) in [6.07, 6.45) is -6.18. The molecule has 0 bridgehead atoms. The zero-order valence-corrected chi connectivity index (χ0v) is 42.4. The summed E-state index contributed by atoms with van der Waals surface area (Å²) >= 11 is 0. The standard InChI is InChI=1S/C49H81F2N5O12/c1-14-39-49(10,62)42(58)31(6)55(12)23-27(2)21-47(8,61)44(29(4)41(30(5)45(60)67-39)64-26-37-22-48(9,63-13)43(59)32(7)66-37)68-46-40(57)38(17-28(3)65-46)54(11)16-15-36-25-56(53-52-36)24-33-18-34(50)20-35(51)19-33/h18-20,25,27-32,37-44,46,57-59,61-62H,14-17,21-24,26H2,1-13H3/t27-,28-,29+,30-,31-,32+,37-,38+,39-,40-,41+,42-,43+,44-,46+,47-,48-,49-/m1/s1. The lowest BCUT2D eigenvalue weighted by molar-refractivity contribution is -0.301. The van der Waals surface area contributed by atoms with E-state index in [4.69, 9.17) is 28.4 Å². The van der Waals surface area contributed by atoms with Gasteiger partial charge in [0.1, 0.15) is 41.7 Å². The molecule has 18 atom stereocenters. The Hall–Kier alpha value is -2.79. The fourth-order valence-corrected chi connectivity index (χ4v) is 10.8. The molecule has 4 heterocycles. The highest BCUT2D eigenvalue weighted by atomic mass is 19.1. The van der Waals surface area contributed by atoms with E-state index < -0.39 is 113 Å². The highest BCUT2D eigenvalue weighted by Crippen LogP contribution is 2.39. The normalized spacial score (nSPS) is 40.7. The number of ether oxygens (including phenoxy) is 6. The minimum Gasteiger partial charge on any atom is -0.459 e. The molecule has 17 nitrogen and oxygen atoms in total. The molecule has 3 aliphatic rings. The monoisotopic (exact) mass is 970 g/mol. The van der Waals surface area contributed by atoms with Gasteiger partial charge in [0.25, 0.3) is 0 Å². The van der Waals surface area contributed by atoms with E-state index in [2.05, 4.69) is 10.3 Å². The van der Waals surface area contributed by atoms with Gasteiger partial charge in [0.15, 0.2) is 6.29 Å². The lowest BCUT2D eigenvalue weighted by Crippen LogP contribution is -2.60. The number of carbonyl (C=O) groups excluding carboxylic acids is 1. The third-order valence-corrected chi connectivity index (χ3v) is 15.0. The summed E-state index contributed by atoms with van der Waals surface area (Å²) in [4.78, 5) is 18.3. The Morgan fingerprint density at radius 3 is 2.26 bits per heavy atom. The first-order valence-electron chi connectivity index (χ1n) is 24.3. The Morgan fingerprint density at radius 1 is 0.971 bits per heavy atom. The largest absolute Gasteiger partial charge is 0.459 e. The molecule has 3 saturated heterocycles. The number of hydrogen-bond donors (Lipinski definition) is 5. The number of rotatable bonds is 13. The summed E-state index contributed by atoms with van der Waals surface area (Å²) < 4.78 is 67.2. The Labute approximate surface area is 401 Å². The van der Waals surface area contributed by atoms with Gasteiger partial charge in [0.05, 0.1) is 66.5 Å². The van der Waals surface area contributed by atoms with E-state index in [9.17, 15) is 39.1 Å². The predicted molar refractivity (Wildman–Crippen MR) is 247 cm³/mol. The maximum atomic E-state index is 14.4. The Morgan fingerprint density at radius 2 is 1.63 bits per heavy atom. The summed E-state index contributed by atoms with van der Waals surface area (Å²) in [6.45, 7) is 18.5. The molecular formula is C49H81F2N5O12. The summed E-state index contributed by atoms with van der Waals surface area (Å²) in [5.74, 6) is -4.07. The minimum absolute atomic E-state index is 0.0343. The molecule has 0 unspecified atom stereocenters. The zero-order valence-electron chi connectivity index (χ0n) is 42.4. The fourth-order valence-electron chi connectivity index (χ4n) is 10.8. The van der Waals surface area contributed by atoms with Crippen LogP contribution in [-0.2, 0) is 46.2 Å². The number of aromatic nitrogens is 3. The van der Waals surface area contributed by atoms with Gasteiger partial charge in [0.2, 0.25) is 0 Å². The third-order valence-electron chi connectivity index (χ3n) is 15.0. The van der Waals surface area contributed by atoms with Crippen molar-refractivity contribution in [2.75, 3.05) is 40.9 Å². The number of hydrogen-bond acceptors (Lipinski definition) is 16. The van der Waals surface area contributed by atoms with Gasteiger partial charge in [-0.15, -0.1) is 5.10 Å². The molecule has 68 heavy (non-hydrogen) atoms. The molecule has 0 saturated carbocycles. The van der Waals surface area contributed by atoms with Gasteiger partial charge in [-0.3, -0.25) is 4.79 Å². The molecule has 3 aliphatic heterocycles. The van der Waals surface area contributed by atoms with Crippen LogP contribution >= 0.6 is 0 Å². The molecule has 5 N–H and O–H groups in total. The number of cyclic esters (lactones) is 1. The first-order chi connectivity index (χ1) is 31.7. The van der Waals surface area contributed by atoms with Gasteiger partial charge in [0, 0.05) is 63.3 Å². The van der Waals surface area contributed by atoms with Crippen LogP contribution in [0, 0.1) is 29.4 Å². The van der Waals surface area contributed by atoms with Crippen molar-refractivity contribution in [1.82, 2.24) is 24.8 Å². The fraction of sp³-hybridized carbons (Fsp3) is 0.816. The van der Waals surface area contributed by atoms with E-state index in [-0.39, 0.29) is 44.4 Å². The van der Waals surface area contributed by atoms with Crippen molar-refractivity contribution in [3.8, 4) is 0 Å². The van der Waals surface area contributed by atoms with Crippen LogP contribution in [0.2, 0.25) is 0 Å². The molecule has 0 spiro atoms. The first-order valence-corrected chi connectivity index (χ1v) is 24.3. The third kappa shape index (κ3) is 13.4. The number of likely N-dealkylation sites (N-methyl/N-ethyl adjacent to an activating group) is 2. The maximum Gasteiger partial charge on any atom is 0.311 e. The van der Waals surface area contributed by atoms with Crippen LogP contribution < -0.4 is 0 Å². The number of aliphatic hydroxyl groups excluding tert-OH is 3. The second-order valence-electron chi connectivity index (χ2n) is 21.0. The topological polar surface area (TPSA) is 211 Å². The second-order valence-corrected chi connectivity index (χ2v) is 21.0. The Kier molecular flexibility index (Phi) is 19.1. The van der Waals surface area contributed by atoms with Crippen molar-refractivity contribution in [3.05, 3.63) is 47.3 Å². The highest BCUT2D eigenvalue weighted by Gasteiger charge is 2.51. The van der Waals surface area contributed by atoms with Gasteiger partial charge in [-0.25, -0.2) is 13.5 Å². The van der Waals surface area contributed by atoms with E-state index in [0.717, 1.165) is 6.07 Å². The maximum absolute atomic E-state index is 14.4. The molecule has 0 radical (unpaired) electrons. The first kappa shape index (κ1) is 56.1. The predicted octanol–water partition coefficient (Wildman–Crippen LogP) is 3.47. The average molecular weight is 970 g/mol. The molecule has 5 rings (SSSR count). The van der Waals surface area contributed by atoms with Crippen LogP contribution in [0.1, 0.15) is 106 Å². The minimum atomic E-state index is -1.84. The van der Waals surface area contributed by atoms with Crippen molar-refractivity contribution < 1.29 is 67.5 Å². The highest BCUT2D eigenvalue weighted by molar-refractivity contribution is 5.73. The summed E-state index contributed by atoms with van der Waals surface area (Å²) in [7, 11) is 5.23. The van der Waals surface area contributed by atoms with Crippen LogP contribution in [0.3, 0.4) is 0 Å². The van der Waals surface area contributed by atoms with Crippen LogP contribution in [-0.4, -0.2) is 187 Å². The Bertz CT molecular complexity index is 1910. The lowest BCUT2D eigenvalue weighted by atomic mass is 9.77. The number of nitrogens with zero attached hydrogens (tertiary/aromatic N) is 5. The van der Waals surface area contributed by atoms with E-state index in [1.807, 2.05) is 44.7 Å². The Balaban J connectivity index is 1.44. The van der Waals surface area contributed by atoms with E-state index in [1.165, 1.54) is 30.8 Å². The molecule has 3 fully saturated rings. The molecule has 0 amide bonds. The van der Waals surface area contributed by atoms with Crippen LogP contribution in [0.25, 0.3) is 0 Å². The van der Waals surface area contributed by atoms with Crippen molar-refractivity contribution in [2.45, 2.75) is 198 Å². The van der Waals surface area contributed by atoms with Crippen LogP contribution in [0.15, 0.2) is 24.4 Å². The van der Waals surface area contributed by atoms with E-state index >= 15 is 0 Å². The number of aliphatic hydroxyl groups is 5. The smallest absolute Gasteiger partial charge is 0.311 e. The summed E-state index contributed by atoms with van der Waals surface area (Å²) in [5, 5.41) is 67.7. The molecule has 1 aromatic heterocycles. The van der Waals surface area contributed by atoms with Crippen molar-refractivity contribution >= 4 is 5.97 Å². The number of benzene rings is 1. The SMILES string of the molecule is CC[C@H]1OC(=O)[C@H](C)[C@@H](OC[C@H]2C[C@@](C)(OC)[C@@H](O)[C@H](C)O2)[C@H](C)[C@@H](O[C@@H]2O[C@H](C)C[C@H](N(C)CCc3cn(Cc4cc(F)cc(F)c4)nn3)[C@H]2O)[C@](C)(O)C[C@@H](C)CN(C)[C@H](C)[C@@H](O)[C@]1(C)O. The van der Waals surface area contributed by atoms with Crippen molar-refractivity contribution in [3.63, 3.8) is 0 Å². The molecular weight excluding hydrogens is 889 g/mol. The summed E-state index contributed by atoms with van der Waals surface area (Å²) in [6, 6.07) is 2.26. The van der Waals surface area contributed by atoms with E-state index in [1.54, 1.807) is 47.7 Å². The van der Waals surface area contributed by atoms with Gasteiger partial charge in [-0.1, -0.05) is 26.0 Å². The molecule has 1 aromatic carbocycles. The van der Waals surface area contributed by atoms with Gasteiger partial charge < -0.3 is 63.8 Å². The van der Waals surface area contributed by atoms with Gasteiger partial charge >= 0.3 is 5.97 Å². The number of halogens is 2. The van der Waals surface area contributed by atoms with Crippen molar-refractivity contribution in [2.24, 2.45) is 17.8 Å². The van der Waals surface area contributed by atoms with E-state index in [0.29, 0.717) is 37.2 Å². The molecule has 0 aliphatic carbocycles. The molecule has 388 valence electrons. The average Bonchev–Trinajstić information content (AvgIpc) is 3.71.